The van der Waals surface area contributed by atoms with Gasteiger partial charge < -0.3 is 14.4 Å². The highest BCUT2D eigenvalue weighted by molar-refractivity contribution is 5.84. The van der Waals surface area contributed by atoms with Crippen LogP contribution in [0.15, 0.2) is 42.6 Å². The van der Waals surface area contributed by atoms with E-state index < -0.39 is 0 Å². The molecule has 0 aliphatic rings. The van der Waals surface area contributed by atoms with Gasteiger partial charge in [0.15, 0.2) is 6.73 Å². The lowest BCUT2D eigenvalue weighted by Gasteiger charge is -2.05. The molecule has 0 bridgehead atoms. The third-order valence-corrected chi connectivity index (χ3v) is 4.62. The molecule has 0 aliphatic carbocycles. The topological polar surface area (TPSA) is 51.5 Å². The number of aliphatic hydroxyl groups is 1. The molecule has 1 heterocycles. The van der Waals surface area contributed by atoms with Gasteiger partial charge in [0, 0.05) is 23.2 Å². The van der Waals surface area contributed by atoms with E-state index in [9.17, 15) is 9.90 Å². The molecular weight excluding hydrogens is 326 g/mol. The van der Waals surface area contributed by atoms with Gasteiger partial charge in [0.05, 0.1) is 12.1 Å². The Kier molecular flexibility index (Phi) is 8.98. The van der Waals surface area contributed by atoms with Crippen molar-refractivity contribution >= 4 is 16.9 Å². The maximum Gasteiger partial charge on any atom is 0.332 e. The fraction of sp³-hybridized carbons (Fsp3) is 0.500. The number of hydrogen-bond acceptors (Lipinski definition) is 3. The number of ether oxygens (including phenoxy) is 1. The Labute approximate surface area is 156 Å². The number of unbranched alkanes of at least 4 members (excludes halogenated alkanes) is 7. The summed E-state index contributed by atoms with van der Waals surface area (Å²) in [5.41, 5.74) is 1.79. The predicted octanol–water partition coefficient (Wildman–Crippen LogP) is 5.33. The van der Waals surface area contributed by atoms with Crippen LogP contribution < -0.4 is 0 Å². The predicted molar refractivity (Wildman–Crippen MR) is 106 cm³/mol. The molecule has 0 aliphatic heterocycles. The molecule has 0 unspecified atom stereocenters. The largest absolute Gasteiger partial charge is 0.441 e. The van der Waals surface area contributed by atoms with E-state index in [4.69, 9.17) is 4.74 Å². The van der Waals surface area contributed by atoms with E-state index in [-0.39, 0.29) is 19.3 Å². The molecule has 0 amide bonds. The van der Waals surface area contributed by atoms with Crippen molar-refractivity contribution in [2.45, 2.75) is 71.6 Å². The molecule has 142 valence electrons. The molecule has 4 heteroatoms. The van der Waals surface area contributed by atoms with Crippen molar-refractivity contribution < 1.29 is 14.6 Å². The highest BCUT2D eigenvalue weighted by Crippen LogP contribution is 2.21. The van der Waals surface area contributed by atoms with Gasteiger partial charge in [0.25, 0.3) is 0 Å². The quantitative estimate of drug-likeness (QED) is 0.317. The lowest BCUT2D eigenvalue weighted by molar-refractivity contribution is -0.141. The first-order valence-electron chi connectivity index (χ1n) is 9.77. The minimum atomic E-state index is -0.323. The zero-order chi connectivity index (χ0) is 18.6. The first-order valence-corrected chi connectivity index (χ1v) is 9.77. The summed E-state index contributed by atoms with van der Waals surface area (Å²) in [6.07, 6.45) is 15.1. The lowest BCUT2D eigenvalue weighted by atomic mass is 10.1. The molecule has 1 aromatic carbocycles. The van der Waals surface area contributed by atoms with Crippen LogP contribution in [0.3, 0.4) is 0 Å². The number of aliphatic hydroxyl groups excluding tert-OH is 1. The number of aromatic nitrogens is 1. The molecule has 0 atom stereocenters. The number of hydrogen-bond donors (Lipinski definition) is 1. The second-order valence-electron chi connectivity index (χ2n) is 6.70. The van der Waals surface area contributed by atoms with E-state index in [0.717, 1.165) is 29.3 Å². The van der Waals surface area contributed by atoms with Gasteiger partial charge in [-0.2, -0.15) is 0 Å². The second-order valence-corrected chi connectivity index (χ2v) is 6.70. The standard InChI is InChI=1S/C22H31NO3/c1-2-3-4-5-6-7-8-9-10-15-22(25)26-18-23-16-19(17-24)20-13-11-12-14-21(20)23/h10-16,24H,2-9,17-18H2,1H3. The molecule has 26 heavy (non-hydrogen) atoms. The maximum absolute atomic E-state index is 11.9. The average molecular weight is 357 g/mol. The first-order chi connectivity index (χ1) is 12.8. The van der Waals surface area contributed by atoms with Crippen molar-refractivity contribution in [1.82, 2.24) is 4.57 Å². The van der Waals surface area contributed by atoms with Crippen molar-refractivity contribution in [3.8, 4) is 0 Å². The van der Waals surface area contributed by atoms with Gasteiger partial charge in [0.2, 0.25) is 0 Å². The smallest absolute Gasteiger partial charge is 0.332 e. The van der Waals surface area contributed by atoms with E-state index in [2.05, 4.69) is 6.92 Å². The summed E-state index contributed by atoms with van der Waals surface area (Å²) in [6.45, 7) is 2.36. The number of carbonyl (C=O) groups excluding carboxylic acids is 1. The minimum Gasteiger partial charge on any atom is -0.441 e. The number of allylic oxidation sites excluding steroid dienone is 1. The molecular formula is C22H31NO3. The van der Waals surface area contributed by atoms with Crippen LogP contribution in [0, 0.1) is 0 Å². The molecule has 4 nitrogen and oxygen atoms in total. The van der Waals surface area contributed by atoms with Gasteiger partial charge in [-0.15, -0.1) is 0 Å². The zero-order valence-corrected chi connectivity index (χ0v) is 15.8. The van der Waals surface area contributed by atoms with Crippen LogP contribution in [0.1, 0.15) is 63.9 Å². The lowest BCUT2D eigenvalue weighted by Crippen LogP contribution is -2.06. The van der Waals surface area contributed by atoms with Gasteiger partial charge in [-0.3, -0.25) is 0 Å². The normalized spacial score (nSPS) is 11.5. The van der Waals surface area contributed by atoms with Gasteiger partial charge >= 0.3 is 5.97 Å². The van der Waals surface area contributed by atoms with E-state index in [1.165, 1.54) is 44.6 Å². The van der Waals surface area contributed by atoms with Gasteiger partial charge in [-0.25, -0.2) is 4.79 Å². The summed E-state index contributed by atoms with van der Waals surface area (Å²) in [4.78, 5) is 11.9. The van der Waals surface area contributed by atoms with E-state index in [0.29, 0.717) is 0 Å². The van der Waals surface area contributed by atoms with E-state index in [1.807, 2.05) is 41.1 Å². The monoisotopic (exact) mass is 357 g/mol. The molecule has 0 radical (unpaired) electrons. The summed E-state index contributed by atoms with van der Waals surface area (Å²) in [5.74, 6) is -0.323. The van der Waals surface area contributed by atoms with Crippen molar-refractivity contribution in [3.63, 3.8) is 0 Å². The number of carbonyl (C=O) groups is 1. The van der Waals surface area contributed by atoms with Gasteiger partial charge in [0.1, 0.15) is 0 Å². The number of esters is 1. The van der Waals surface area contributed by atoms with E-state index in [1.54, 1.807) is 0 Å². The van der Waals surface area contributed by atoms with Crippen LogP contribution in [0.4, 0.5) is 0 Å². The highest BCUT2D eigenvalue weighted by atomic mass is 16.5. The van der Waals surface area contributed by atoms with Crippen molar-refractivity contribution in [1.29, 1.82) is 0 Å². The number of nitrogens with zero attached hydrogens (tertiary/aromatic N) is 1. The average Bonchev–Trinajstić information content (AvgIpc) is 3.03. The molecule has 0 saturated heterocycles. The van der Waals surface area contributed by atoms with Gasteiger partial charge in [-0.05, 0) is 18.9 Å². The van der Waals surface area contributed by atoms with Crippen LogP contribution in [0.5, 0.6) is 0 Å². The summed E-state index contributed by atoms with van der Waals surface area (Å²) < 4.78 is 7.17. The summed E-state index contributed by atoms with van der Waals surface area (Å²) in [6, 6.07) is 7.79. The summed E-state index contributed by atoms with van der Waals surface area (Å²) in [5, 5.41) is 10.4. The Morgan fingerprint density at radius 1 is 1.12 bits per heavy atom. The van der Waals surface area contributed by atoms with E-state index >= 15 is 0 Å². The first kappa shape index (κ1) is 20.2. The number of para-hydroxylation sites is 1. The maximum atomic E-state index is 11.9. The molecule has 0 spiro atoms. The fourth-order valence-corrected chi connectivity index (χ4v) is 3.14. The molecule has 1 N–H and O–H groups in total. The van der Waals surface area contributed by atoms with Gasteiger partial charge in [-0.1, -0.05) is 69.7 Å². The van der Waals surface area contributed by atoms with Crippen molar-refractivity contribution in [2.24, 2.45) is 0 Å². The Balaban J connectivity index is 1.69. The van der Waals surface area contributed by atoms with Crippen molar-refractivity contribution in [2.75, 3.05) is 0 Å². The Morgan fingerprint density at radius 2 is 1.85 bits per heavy atom. The molecule has 0 saturated carbocycles. The van der Waals surface area contributed by atoms with Crippen molar-refractivity contribution in [3.05, 3.63) is 48.2 Å². The summed E-state index contributed by atoms with van der Waals surface area (Å²) >= 11 is 0. The van der Waals surface area contributed by atoms with Crippen LogP contribution in [-0.2, 0) is 22.9 Å². The minimum absolute atomic E-state index is 0.0280. The fourth-order valence-electron chi connectivity index (χ4n) is 3.14. The van der Waals surface area contributed by atoms with Crippen LogP contribution >= 0.6 is 0 Å². The zero-order valence-electron chi connectivity index (χ0n) is 15.8. The van der Waals surface area contributed by atoms with Crippen LogP contribution in [-0.4, -0.2) is 15.6 Å². The molecule has 2 rings (SSSR count). The summed E-state index contributed by atoms with van der Waals surface area (Å²) in [7, 11) is 0. The Bertz CT molecular complexity index is 702. The Hall–Kier alpha value is -2.07. The second kappa shape index (κ2) is 11.5. The number of benzene rings is 1. The Morgan fingerprint density at radius 3 is 2.62 bits per heavy atom. The third kappa shape index (κ3) is 6.34. The SMILES string of the molecule is CCCCCCCCCC=CC(=O)OCn1cc(CO)c2ccccc21. The number of fused-ring (bicyclic) bond motifs is 1. The molecule has 0 fully saturated rings. The van der Waals surface area contributed by atoms with Crippen LogP contribution in [0.2, 0.25) is 0 Å². The third-order valence-electron chi connectivity index (χ3n) is 4.62. The number of rotatable bonds is 12. The van der Waals surface area contributed by atoms with Crippen LogP contribution in [0.25, 0.3) is 10.9 Å². The highest BCUT2D eigenvalue weighted by Gasteiger charge is 2.08. The molecule has 1 aromatic heterocycles. The molecule has 2 aromatic rings.